The van der Waals surface area contributed by atoms with Gasteiger partial charge < -0.3 is 21.5 Å². The summed E-state index contributed by atoms with van der Waals surface area (Å²) >= 11 is 0. The van der Waals surface area contributed by atoms with Gasteiger partial charge in [0.2, 0.25) is 17.8 Å². The summed E-state index contributed by atoms with van der Waals surface area (Å²) in [5, 5.41) is 2.84. The molecule has 0 fully saturated rings. The van der Waals surface area contributed by atoms with Crippen LogP contribution in [0.1, 0.15) is 13.8 Å². The summed E-state index contributed by atoms with van der Waals surface area (Å²) in [5.74, 6) is 0.992. The number of anilines is 3. The first kappa shape index (κ1) is 11.4. The number of nitrogens with two attached hydrogens (primary N) is 2. The lowest BCUT2D eigenvalue weighted by Gasteiger charge is -2.08. The Morgan fingerprint density at radius 1 is 1.20 bits per heavy atom. The number of nitrogen functional groups attached to an aromatic ring is 2. The van der Waals surface area contributed by atoms with Gasteiger partial charge in [0.25, 0.3) is 0 Å². The number of aromatic nitrogens is 3. The highest BCUT2D eigenvalue weighted by Crippen LogP contribution is 2.03. The maximum Gasteiger partial charge on any atom is 0.231 e. The van der Waals surface area contributed by atoms with Crippen molar-refractivity contribution >= 4 is 17.8 Å². The highest BCUT2D eigenvalue weighted by atomic mass is 16.5. The van der Waals surface area contributed by atoms with Crippen LogP contribution in [-0.2, 0) is 4.74 Å². The zero-order valence-corrected chi connectivity index (χ0v) is 8.90. The van der Waals surface area contributed by atoms with E-state index in [4.69, 9.17) is 16.2 Å². The molecule has 0 radical (unpaired) electrons. The molecule has 0 spiro atoms. The average molecular weight is 212 g/mol. The molecule has 0 aliphatic heterocycles. The Morgan fingerprint density at radius 3 is 2.33 bits per heavy atom. The Morgan fingerprint density at radius 2 is 1.80 bits per heavy atom. The van der Waals surface area contributed by atoms with Gasteiger partial charge in [-0.2, -0.15) is 15.0 Å². The van der Waals surface area contributed by atoms with Crippen LogP contribution in [0, 0.1) is 5.92 Å². The van der Waals surface area contributed by atoms with Gasteiger partial charge in [0.15, 0.2) is 0 Å². The van der Waals surface area contributed by atoms with E-state index in [1.54, 1.807) is 0 Å². The molecule has 1 heterocycles. The molecule has 0 aliphatic carbocycles. The van der Waals surface area contributed by atoms with E-state index >= 15 is 0 Å². The molecule has 0 aliphatic rings. The molecule has 1 rings (SSSR count). The van der Waals surface area contributed by atoms with Crippen molar-refractivity contribution in [2.45, 2.75) is 13.8 Å². The second-order valence-electron chi connectivity index (χ2n) is 3.46. The Kier molecular flexibility index (Phi) is 4.04. The highest BCUT2D eigenvalue weighted by Gasteiger charge is 2.00. The van der Waals surface area contributed by atoms with Crippen molar-refractivity contribution in [3.63, 3.8) is 0 Å². The summed E-state index contributed by atoms with van der Waals surface area (Å²) in [6.45, 7) is 5.13. The van der Waals surface area contributed by atoms with Crippen LogP contribution >= 0.6 is 0 Å². The molecule has 7 heteroatoms. The van der Waals surface area contributed by atoms with Gasteiger partial charge in [-0.25, -0.2) is 0 Å². The van der Waals surface area contributed by atoms with E-state index in [1.807, 2.05) is 0 Å². The third-order valence-corrected chi connectivity index (χ3v) is 1.45. The maximum atomic E-state index is 5.39. The van der Waals surface area contributed by atoms with Crippen molar-refractivity contribution in [3.8, 4) is 0 Å². The van der Waals surface area contributed by atoms with E-state index in [1.165, 1.54) is 0 Å². The zero-order valence-electron chi connectivity index (χ0n) is 8.90. The van der Waals surface area contributed by atoms with Crippen molar-refractivity contribution in [3.05, 3.63) is 0 Å². The number of rotatable bonds is 5. The first-order chi connectivity index (χ1) is 7.08. The number of nitrogens with zero attached hydrogens (tertiary/aromatic N) is 3. The molecule has 15 heavy (non-hydrogen) atoms. The minimum Gasteiger partial charge on any atom is -0.368 e. The molecular formula is C8H16N6O. The lowest BCUT2D eigenvalue weighted by molar-refractivity contribution is 0.125. The molecule has 0 amide bonds. The molecule has 1 aromatic heterocycles. The third kappa shape index (κ3) is 4.41. The quantitative estimate of drug-likeness (QED) is 0.468. The zero-order chi connectivity index (χ0) is 11.3. The second-order valence-corrected chi connectivity index (χ2v) is 3.46. The molecule has 0 atom stereocenters. The molecular weight excluding hydrogens is 196 g/mol. The minimum absolute atomic E-state index is 0.0915. The number of hydrogen-bond acceptors (Lipinski definition) is 7. The monoisotopic (exact) mass is 212 g/mol. The highest BCUT2D eigenvalue weighted by molar-refractivity contribution is 5.36. The minimum atomic E-state index is 0.0915. The van der Waals surface area contributed by atoms with Gasteiger partial charge in [-0.1, -0.05) is 13.8 Å². The lowest BCUT2D eigenvalue weighted by Crippen LogP contribution is -2.14. The fourth-order valence-corrected chi connectivity index (χ4v) is 0.899. The van der Waals surface area contributed by atoms with Crippen molar-refractivity contribution in [1.82, 2.24) is 15.0 Å². The van der Waals surface area contributed by atoms with Gasteiger partial charge in [0, 0.05) is 0 Å². The van der Waals surface area contributed by atoms with Gasteiger partial charge in [-0.15, -0.1) is 0 Å². The number of nitrogens with one attached hydrogen (secondary N) is 1. The van der Waals surface area contributed by atoms with E-state index in [0.717, 1.165) is 0 Å². The molecule has 1 aromatic rings. The van der Waals surface area contributed by atoms with E-state index in [0.29, 0.717) is 25.2 Å². The Balaban J connectivity index is 2.37. The van der Waals surface area contributed by atoms with Crippen molar-refractivity contribution in [2.24, 2.45) is 5.92 Å². The topological polar surface area (TPSA) is 112 Å². The molecule has 5 N–H and O–H groups in total. The normalized spacial score (nSPS) is 10.6. The van der Waals surface area contributed by atoms with E-state index in [9.17, 15) is 0 Å². The predicted octanol–water partition coefficient (Wildman–Crippen LogP) is 0.0780. The smallest absolute Gasteiger partial charge is 0.231 e. The summed E-state index contributed by atoms with van der Waals surface area (Å²) in [6, 6.07) is 0. The van der Waals surface area contributed by atoms with Gasteiger partial charge in [-0.3, -0.25) is 0 Å². The third-order valence-electron chi connectivity index (χ3n) is 1.45. The second kappa shape index (κ2) is 5.30. The average Bonchev–Trinajstić information content (AvgIpc) is 2.10. The maximum absolute atomic E-state index is 5.39. The first-order valence-corrected chi connectivity index (χ1v) is 4.66. The summed E-state index contributed by atoms with van der Waals surface area (Å²) in [5.41, 5.74) is 10.8. The Labute approximate surface area is 88.3 Å². The van der Waals surface area contributed by atoms with Crippen molar-refractivity contribution < 1.29 is 4.74 Å². The van der Waals surface area contributed by atoms with Crippen LogP contribution < -0.4 is 16.8 Å². The molecule has 0 bridgehead atoms. The molecule has 0 saturated carbocycles. The SMILES string of the molecule is CC(C)COCNc1nc(N)nc(N)n1. The first-order valence-electron chi connectivity index (χ1n) is 4.66. The van der Waals surface area contributed by atoms with Gasteiger partial charge in [0.1, 0.15) is 6.73 Å². The van der Waals surface area contributed by atoms with Crippen LogP contribution in [0.25, 0.3) is 0 Å². The Bertz CT molecular complexity index is 296. The molecule has 0 saturated heterocycles. The fraction of sp³-hybridized carbons (Fsp3) is 0.625. The van der Waals surface area contributed by atoms with Crippen LogP contribution in [0.5, 0.6) is 0 Å². The van der Waals surface area contributed by atoms with Crippen LogP contribution in [0.15, 0.2) is 0 Å². The predicted molar refractivity (Wildman–Crippen MR) is 57.9 cm³/mol. The van der Waals surface area contributed by atoms with Gasteiger partial charge in [0.05, 0.1) is 6.61 Å². The van der Waals surface area contributed by atoms with Crippen LogP contribution in [0.3, 0.4) is 0 Å². The number of hydrogen-bond donors (Lipinski definition) is 3. The van der Waals surface area contributed by atoms with E-state index < -0.39 is 0 Å². The standard InChI is InChI=1S/C8H16N6O/c1-5(2)3-15-4-11-8-13-6(9)12-7(10)14-8/h5H,3-4H2,1-2H3,(H5,9,10,11,12,13,14). The molecule has 7 nitrogen and oxygen atoms in total. The van der Waals surface area contributed by atoms with Crippen LogP contribution in [0.4, 0.5) is 17.8 Å². The van der Waals surface area contributed by atoms with Gasteiger partial charge >= 0.3 is 0 Å². The fourth-order valence-electron chi connectivity index (χ4n) is 0.899. The molecule has 0 unspecified atom stereocenters. The lowest BCUT2D eigenvalue weighted by atomic mass is 10.2. The molecule has 84 valence electrons. The van der Waals surface area contributed by atoms with E-state index in [-0.39, 0.29) is 11.9 Å². The largest absolute Gasteiger partial charge is 0.368 e. The number of ether oxygens (including phenoxy) is 1. The Hall–Kier alpha value is -1.63. The van der Waals surface area contributed by atoms with E-state index in [2.05, 4.69) is 34.1 Å². The molecule has 0 aromatic carbocycles. The van der Waals surface area contributed by atoms with Crippen LogP contribution in [-0.4, -0.2) is 28.3 Å². The summed E-state index contributed by atoms with van der Waals surface area (Å²) in [6.07, 6.45) is 0. The summed E-state index contributed by atoms with van der Waals surface area (Å²) in [4.78, 5) is 11.3. The van der Waals surface area contributed by atoms with Crippen molar-refractivity contribution in [1.29, 1.82) is 0 Å². The summed E-state index contributed by atoms with van der Waals surface area (Å²) in [7, 11) is 0. The summed E-state index contributed by atoms with van der Waals surface area (Å²) < 4.78 is 5.29. The van der Waals surface area contributed by atoms with Gasteiger partial charge in [-0.05, 0) is 5.92 Å². The van der Waals surface area contributed by atoms with Crippen LogP contribution in [0.2, 0.25) is 0 Å². The van der Waals surface area contributed by atoms with Crippen molar-refractivity contribution in [2.75, 3.05) is 30.1 Å².